The Labute approximate surface area is 307 Å². The molecule has 2 fully saturated rings. The zero-order valence-electron chi connectivity index (χ0n) is 29.6. The Morgan fingerprint density at radius 1 is 1.00 bits per heavy atom. The van der Waals surface area contributed by atoms with Crippen LogP contribution in [0.5, 0.6) is 5.75 Å². The van der Waals surface area contributed by atoms with Gasteiger partial charge >= 0.3 is 5.97 Å². The number of esters is 1. The topological polar surface area (TPSA) is 126 Å². The molecule has 1 N–H and O–H groups in total. The van der Waals surface area contributed by atoms with Crippen molar-refractivity contribution in [3.05, 3.63) is 82.9 Å². The molecule has 2 aromatic rings. The second-order valence-corrected chi connectivity index (χ2v) is 15.1. The van der Waals surface area contributed by atoms with E-state index in [0.717, 1.165) is 0 Å². The van der Waals surface area contributed by atoms with Crippen LogP contribution >= 0.6 is 15.9 Å². The summed E-state index contributed by atoms with van der Waals surface area (Å²) in [6, 6.07) is 13.8. The van der Waals surface area contributed by atoms with E-state index in [2.05, 4.69) is 15.9 Å². The molecule has 11 nitrogen and oxygen atoms in total. The quantitative estimate of drug-likeness (QED) is 0.316. The van der Waals surface area contributed by atoms with Gasteiger partial charge in [0.1, 0.15) is 35.5 Å². The number of carbonyl (C=O) groups is 4. The van der Waals surface area contributed by atoms with Crippen molar-refractivity contribution in [2.24, 2.45) is 17.8 Å². The first kappa shape index (κ1) is 36.8. The molecule has 12 heteroatoms. The Bertz CT molecular complexity index is 1700. The number of hydrogen-bond donors (Lipinski definition) is 1. The molecule has 0 aromatic heterocycles. The van der Waals surface area contributed by atoms with Crippen LogP contribution in [0.25, 0.3) is 0 Å². The van der Waals surface area contributed by atoms with Gasteiger partial charge in [-0.2, -0.15) is 0 Å². The van der Waals surface area contributed by atoms with Crippen molar-refractivity contribution < 1.29 is 38.5 Å². The average Bonchev–Trinajstić information content (AvgIpc) is 3.73. The molecule has 0 radical (unpaired) electrons. The molecule has 2 saturated heterocycles. The molecule has 6 rings (SSSR count). The summed E-state index contributed by atoms with van der Waals surface area (Å²) < 4.78 is 19.0. The Hall–Kier alpha value is -4.00. The number of likely N-dealkylation sites (N-methyl/N-ethyl adjacent to an activating group) is 1. The summed E-state index contributed by atoms with van der Waals surface area (Å²) in [5.41, 5.74) is -0.264. The Kier molecular flexibility index (Phi) is 10.8. The van der Waals surface area contributed by atoms with E-state index in [1.807, 2.05) is 63.3 Å². The van der Waals surface area contributed by atoms with Gasteiger partial charge in [0.2, 0.25) is 11.8 Å². The lowest BCUT2D eigenvalue weighted by Crippen LogP contribution is -2.59. The maximum absolute atomic E-state index is 15.2. The van der Waals surface area contributed by atoms with Crippen LogP contribution in [0.2, 0.25) is 0 Å². The summed E-state index contributed by atoms with van der Waals surface area (Å²) in [6.07, 6.45) is 4.79. The number of aliphatic hydroxyl groups excluding tert-OH is 1. The van der Waals surface area contributed by atoms with Gasteiger partial charge in [0, 0.05) is 30.2 Å². The van der Waals surface area contributed by atoms with Gasteiger partial charge in [0.15, 0.2) is 0 Å². The first-order chi connectivity index (χ1) is 24.4. The van der Waals surface area contributed by atoms with E-state index in [-0.39, 0.29) is 31.4 Å². The van der Waals surface area contributed by atoms with Crippen molar-refractivity contribution >= 4 is 45.3 Å². The fourth-order valence-corrected chi connectivity index (χ4v) is 8.79. The number of amides is 3. The molecule has 1 spiro atoms. The van der Waals surface area contributed by atoms with Crippen molar-refractivity contribution in [3.63, 3.8) is 0 Å². The predicted octanol–water partition coefficient (Wildman–Crippen LogP) is 4.79. The standard InChI is InChI=1S/C39H46BrN3O8/c1-23(2)20-27(22-44)43-35-37(47)42(26-15-17-28(49-5)18-16-26)19-11-7-10-14-30(45)41(4)24(3)33(25-12-8-6-9-13-25)50-38(48)31-32(36(43)46)39(35)21-29(40)34(31)51-39/h6-9,11-13,15-18,21,23-24,27,31-35,44H,10,14,19-20,22H2,1-5H3/b11-7-/t24-,27-,31+,32-,33+,34+,35+,39-/m1/s1. The number of nitrogens with zero attached hydrogens (tertiary/aromatic N) is 3. The molecule has 4 aliphatic rings. The number of allylic oxidation sites excluding steroid dienone is 1. The lowest BCUT2D eigenvalue weighted by atomic mass is 9.74. The minimum atomic E-state index is -1.52. The fourth-order valence-electron chi connectivity index (χ4n) is 8.05. The molecule has 8 atom stereocenters. The SMILES string of the molecule is COc1ccc(N2C/C=C\CCC(=O)N(C)[C@H](C)[C@@H](c3ccccc3)OC(=O)[C@@H]3[C@H]4O[C@@]5(C=C4Br)[C@H](C2=O)N([C@@H](CO)CC(C)C)C(=O)[C@@H]35)cc1. The molecule has 272 valence electrons. The number of halogens is 1. The highest BCUT2D eigenvalue weighted by molar-refractivity contribution is 9.11. The molecule has 2 aromatic carbocycles. The third-order valence-electron chi connectivity index (χ3n) is 10.7. The number of fused-ring (bicyclic) bond motifs is 2. The molecule has 4 aliphatic heterocycles. The van der Waals surface area contributed by atoms with Gasteiger partial charge in [0.05, 0.1) is 31.7 Å². The lowest BCUT2D eigenvalue weighted by molar-refractivity contribution is -0.164. The highest BCUT2D eigenvalue weighted by Gasteiger charge is 2.75. The van der Waals surface area contributed by atoms with E-state index < -0.39 is 65.6 Å². The smallest absolute Gasteiger partial charge is 0.313 e. The van der Waals surface area contributed by atoms with Crippen molar-refractivity contribution in [3.8, 4) is 5.75 Å². The van der Waals surface area contributed by atoms with Crippen LogP contribution in [0.3, 0.4) is 0 Å². The summed E-state index contributed by atoms with van der Waals surface area (Å²) in [5, 5.41) is 10.7. The molecule has 0 unspecified atom stereocenters. The summed E-state index contributed by atoms with van der Waals surface area (Å²) in [5.74, 6) is -3.17. The third kappa shape index (κ3) is 6.62. The number of ether oxygens (including phenoxy) is 3. The van der Waals surface area contributed by atoms with E-state index in [4.69, 9.17) is 14.2 Å². The molecular formula is C39H46BrN3O8. The first-order valence-corrected chi connectivity index (χ1v) is 18.3. The maximum Gasteiger partial charge on any atom is 0.313 e. The van der Waals surface area contributed by atoms with Crippen LogP contribution in [0.15, 0.2) is 77.3 Å². The summed E-state index contributed by atoms with van der Waals surface area (Å²) >= 11 is 3.62. The Morgan fingerprint density at radius 2 is 1.71 bits per heavy atom. The van der Waals surface area contributed by atoms with Gasteiger partial charge in [-0.25, -0.2) is 0 Å². The minimum Gasteiger partial charge on any atom is -0.497 e. The number of aliphatic hydroxyl groups is 1. The molecule has 0 saturated carbocycles. The summed E-state index contributed by atoms with van der Waals surface area (Å²) in [7, 11) is 3.25. The molecule has 0 aliphatic carbocycles. The number of rotatable bonds is 7. The summed E-state index contributed by atoms with van der Waals surface area (Å²) in [4.78, 5) is 62.7. The molecular weight excluding hydrogens is 718 g/mol. The Morgan fingerprint density at radius 3 is 2.35 bits per heavy atom. The highest BCUT2D eigenvalue weighted by atomic mass is 79.9. The third-order valence-corrected chi connectivity index (χ3v) is 11.3. The monoisotopic (exact) mass is 763 g/mol. The van der Waals surface area contributed by atoms with Gasteiger partial charge < -0.3 is 34.0 Å². The van der Waals surface area contributed by atoms with Gasteiger partial charge in [-0.05, 0) is 61.6 Å². The normalized spacial score (nSPS) is 31.1. The molecule has 51 heavy (non-hydrogen) atoms. The van der Waals surface area contributed by atoms with E-state index in [0.29, 0.717) is 34.3 Å². The predicted molar refractivity (Wildman–Crippen MR) is 194 cm³/mol. The number of hydrogen-bond acceptors (Lipinski definition) is 8. The van der Waals surface area contributed by atoms with Crippen LogP contribution < -0.4 is 9.64 Å². The van der Waals surface area contributed by atoms with E-state index >= 15 is 4.79 Å². The highest BCUT2D eigenvalue weighted by Crippen LogP contribution is 2.59. The molecule has 4 heterocycles. The molecule has 5 bridgehead atoms. The van der Waals surface area contributed by atoms with Crippen LogP contribution in [0, 0.1) is 17.8 Å². The number of anilines is 1. The zero-order valence-corrected chi connectivity index (χ0v) is 31.2. The number of carbonyl (C=O) groups excluding carboxylic acids is 4. The second-order valence-electron chi connectivity index (χ2n) is 14.2. The number of methoxy groups -OCH3 is 1. The van der Waals surface area contributed by atoms with Crippen LogP contribution in [-0.4, -0.2) is 95.7 Å². The van der Waals surface area contributed by atoms with Gasteiger partial charge in [-0.15, -0.1) is 0 Å². The minimum absolute atomic E-state index is 0.0860. The number of benzene rings is 2. The van der Waals surface area contributed by atoms with Crippen molar-refractivity contribution in [2.45, 2.75) is 76.0 Å². The van der Waals surface area contributed by atoms with Gasteiger partial charge in [-0.1, -0.05) is 72.3 Å². The van der Waals surface area contributed by atoms with Crippen molar-refractivity contribution in [1.82, 2.24) is 9.80 Å². The molecule has 3 amide bonds. The van der Waals surface area contributed by atoms with E-state index in [1.165, 1.54) is 4.90 Å². The maximum atomic E-state index is 15.2. The van der Waals surface area contributed by atoms with Crippen molar-refractivity contribution in [1.29, 1.82) is 0 Å². The Balaban J connectivity index is 1.51. The average molecular weight is 765 g/mol. The van der Waals surface area contributed by atoms with Crippen LogP contribution in [0.1, 0.15) is 51.7 Å². The lowest BCUT2D eigenvalue weighted by Gasteiger charge is -2.39. The number of likely N-dealkylation sites (tertiary alicyclic amines) is 1. The van der Waals surface area contributed by atoms with Crippen LogP contribution in [0.4, 0.5) is 5.69 Å². The largest absolute Gasteiger partial charge is 0.497 e. The van der Waals surface area contributed by atoms with Gasteiger partial charge in [0.25, 0.3) is 5.91 Å². The van der Waals surface area contributed by atoms with E-state index in [9.17, 15) is 19.5 Å². The second kappa shape index (κ2) is 14.9. The van der Waals surface area contributed by atoms with Gasteiger partial charge in [-0.3, -0.25) is 19.2 Å². The first-order valence-electron chi connectivity index (χ1n) is 17.5. The van der Waals surface area contributed by atoms with E-state index in [1.54, 1.807) is 54.3 Å². The fraction of sp³-hybridized carbons (Fsp3) is 0.487. The summed E-state index contributed by atoms with van der Waals surface area (Å²) in [6.45, 7) is 5.57. The number of cyclic esters (lactones) is 1. The zero-order chi connectivity index (χ0) is 36.6. The van der Waals surface area contributed by atoms with Crippen molar-refractivity contribution in [2.75, 3.05) is 32.2 Å². The van der Waals surface area contributed by atoms with Crippen LogP contribution in [-0.2, 0) is 28.7 Å².